The molecule has 4 aromatic rings. The van der Waals surface area contributed by atoms with Gasteiger partial charge in [0.15, 0.2) is 6.61 Å². The van der Waals surface area contributed by atoms with Gasteiger partial charge < -0.3 is 10.1 Å². The molecule has 0 bridgehead atoms. The van der Waals surface area contributed by atoms with Gasteiger partial charge in [-0.2, -0.15) is 0 Å². The van der Waals surface area contributed by atoms with Gasteiger partial charge in [-0.15, -0.1) is 0 Å². The van der Waals surface area contributed by atoms with E-state index in [1.807, 2.05) is 43.3 Å². The molecule has 0 aliphatic heterocycles. The third kappa shape index (κ3) is 4.70. The number of benzene rings is 2. The smallest absolute Gasteiger partial charge is 0.339 e. The molecule has 2 aromatic carbocycles. The number of ether oxygens (including phenoxy) is 1. The Morgan fingerprint density at radius 2 is 1.81 bits per heavy atom. The van der Waals surface area contributed by atoms with Gasteiger partial charge in [0.05, 0.1) is 27.5 Å². The van der Waals surface area contributed by atoms with Gasteiger partial charge in [-0.25, -0.2) is 9.78 Å². The molecule has 0 fully saturated rings. The lowest BCUT2D eigenvalue weighted by molar-refractivity contribution is -0.119. The predicted molar refractivity (Wildman–Crippen MR) is 120 cm³/mol. The van der Waals surface area contributed by atoms with Gasteiger partial charge in [0.1, 0.15) is 0 Å². The van der Waals surface area contributed by atoms with Crippen molar-refractivity contribution in [2.75, 3.05) is 11.9 Å². The molecule has 6 nitrogen and oxygen atoms in total. The van der Waals surface area contributed by atoms with E-state index in [1.165, 1.54) is 0 Å². The highest BCUT2D eigenvalue weighted by Crippen LogP contribution is 2.25. The van der Waals surface area contributed by atoms with Crippen LogP contribution in [0, 0.1) is 6.92 Å². The fraction of sp³-hybridized carbons (Fsp3) is 0.0833. The van der Waals surface area contributed by atoms with Crippen molar-refractivity contribution in [3.63, 3.8) is 0 Å². The van der Waals surface area contributed by atoms with Crippen LogP contribution in [-0.4, -0.2) is 28.5 Å². The highest BCUT2D eigenvalue weighted by Gasteiger charge is 2.17. The Morgan fingerprint density at radius 3 is 2.58 bits per heavy atom. The van der Waals surface area contributed by atoms with Gasteiger partial charge in [-0.1, -0.05) is 35.9 Å². The van der Waals surface area contributed by atoms with E-state index in [9.17, 15) is 9.59 Å². The summed E-state index contributed by atoms with van der Waals surface area (Å²) in [5.74, 6) is -1.09. The molecule has 1 N–H and O–H groups in total. The molecule has 7 heteroatoms. The van der Waals surface area contributed by atoms with Gasteiger partial charge in [-0.3, -0.25) is 9.78 Å². The summed E-state index contributed by atoms with van der Waals surface area (Å²) in [5, 5.41) is 3.72. The van der Waals surface area contributed by atoms with Gasteiger partial charge in [0.25, 0.3) is 5.91 Å². The molecule has 0 saturated heterocycles. The van der Waals surface area contributed by atoms with Crippen molar-refractivity contribution in [3.05, 3.63) is 89.2 Å². The molecule has 0 spiro atoms. The van der Waals surface area contributed by atoms with Gasteiger partial charge in [0, 0.05) is 23.3 Å². The number of hydrogen-bond acceptors (Lipinski definition) is 5. The maximum Gasteiger partial charge on any atom is 0.339 e. The van der Waals surface area contributed by atoms with E-state index in [0.29, 0.717) is 32.9 Å². The number of fused-ring (bicyclic) bond motifs is 1. The summed E-state index contributed by atoms with van der Waals surface area (Å²) in [6, 6.07) is 17.8. The number of carbonyl (C=O) groups is 2. The lowest BCUT2D eigenvalue weighted by Gasteiger charge is -2.11. The Labute approximate surface area is 183 Å². The lowest BCUT2D eigenvalue weighted by Crippen LogP contribution is -2.21. The quantitative estimate of drug-likeness (QED) is 0.447. The fourth-order valence-corrected chi connectivity index (χ4v) is 3.41. The number of aromatic nitrogens is 2. The summed E-state index contributed by atoms with van der Waals surface area (Å²) in [4.78, 5) is 33.8. The minimum atomic E-state index is -0.612. The average molecular weight is 432 g/mol. The van der Waals surface area contributed by atoms with Crippen molar-refractivity contribution < 1.29 is 14.3 Å². The second-order valence-electron chi connectivity index (χ2n) is 6.92. The molecule has 1 amide bonds. The van der Waals surface area contributed by atoms with E-state index < -0.39 is 18.5 Å². The summed E-state index contributed by atoms with van der Waals surface area (Å²) in [6.45, 7) is 1.46. The monoisotopic (exact) mass is 431 g/mol. The first kappa shape index (κ1) is 20.5. The average Bonchev–Trinajstić information content (AvgIpc) is 2.79. The van der Waals surface area contributed by atoms with E-state index in [0.717, 1.165) is 11.1 Å². The highest BCUT2D eigenvalue weighted by molar-refractivity contribution is 6.33. The van der Waals surface area contributed by atoms with Gasteiger partial charge in [0.2, 0.25) is 0 Å². The third-order valence-electron chi connectivity index (χ3n) is 4.65. The number of nitrogens with one attached hydrogen (secondary N) is 1. The van der Waals surface area contributed by atoms with Crippen LogP contribution in [0.15, 0.2) is 73.1 Å². The zero-order valence-corrected chi connectivity index (χ0v) is 17.4. The van der Waals surface area contributed by atoms with Crippen molar-refractivity contribution >= 4 is 40.1 Å². The number of anilines is 1. The number of pyridine rings is 2. The molecule has 2 heterocycles. The summed E-state index contributed by atoms with van der Waals surface area (Å²) >= 11 is 6.14. The van der Waals surface area contributed by atoms with E-state index in [4.69, 9.17) is 16.3 Å². The zero-order chi connectivity index (χ0) is 21.8. The summed E-state index contributed by atoms with van der Waals surface area (Å²) in [5.41, 5.74) is 3.86. The number of amides is 1. The van der Waals surface area contributed by atoms with Gasteiger partial charge in [-0.05, 0) is 48.9 Å². The van der Waals surface area contributed by atoms with Crippen LogP contribution in [0.2, 0.25) is 5.02 Å². The molecule has 0 saturated carbocycles. The molecule has 0 radical (unpaired) electrons. The van der Waals surface area contributed by atoms with Gasteiger partial charge >= 0.3 is 5.97 Å². The van der Waals surface area contributed by atoms with Crippen LogP contribution in [0.4, 0.5) is 5.69 Å². The predicted octanol–water partition coefficient (Wildman–Crippen LogP) is 5.05. The van der Waals surface area contributed by atoms with E-state index in [1.54, 1.807) is 36.7 Å². The van der Waals surface area contributed by atoms with Crippen molar-refractivity contribution in [1.29, 1.82) is 0 Å². The molecule has 0 atom stereocenters. The summed E-state index contributed by atoms with van der Waals surface area (Å²) in [7, 11) is 0. The number of aryl methyl sites for hydroxylation is 1. The van der Waals surface area contributed by atoms with Crippen LogP contribution >= 0.6 is 11.6 Å². The summed E-state index contributed by atoms with van der Waals surface area (Å²) in [6.07, 6.45) is 3.31. The summed E-state index contributed by atoms with van der Waals surface area (Å²) < 4.78 is 5.29. The number of hydrogen-bond donors (Lipinski definition) is 1. The Kier molecular flexibility index (Phi) is 5.91. The normalized spacial score (nSPS) is 10.6. The number of nitrogens with zero attached hydrogens (tertiary/aromatic N) is 2. The molecular formula is C24H18ClN3O3. The first-order valence-corrected chi connectivity index (χ1v) is 9.92. The highest BCUT2D eigenvalue weighted by atomic mass is 35.5. The Morgan fingerprint density at radius 1 is 1.03 bits per heavy atom. The Balaban J connectivity index is 1.55. The van der Waals surface area contributed by atoms with Crippen molar-refractivity contribution in [2.45, 2.75) is 6.92 Å². The molecule has 154 valence electrons. The topological polar surface area (TPSA) is 81.2 Å². The molecule has 0 aliphatic carbocycles. The standard InChI is InChI=1S/C24H18ClN3O3/c1-15-6-7-21(19(25)12-15)28-23(29)14-31-24(30)18-13-22(16-8-10-26-11-9-16)27-20-5-3-2-4-17(18)20/h2-13H,14H2,1H3,(H,28,29). The van der Waals surface area contributed by atoms with Crippen LogP contribution in [0.5, 0.6) is 0 Å². The second kappa shape index (κ2) is 8.93. The fourth-order valence-electron chi connectivity index (χ4n) is 3.13. The number of esters is 1. The molecule has 2 aromatic heterocycles. The van der Waals surface area contributed by atoms with E-state index in [2.05, 4.69) is 15.3 Å². The zero-order valence-electron chi connectivity index (χ0n) is 16.6. The minimum absolute atomic E-state index is 0.332. The number of halogens is 1. The molecule has 0 unspecified atom stereocenters. The minimum Gasteiger partial charge on any atom is -0.452 e. The van der Waals surface area contributed by atoms with Crippen molar-refractivity contribution in [3.8, 4) is 11.3 Å². The van der Waals surface area contributed by atoms with Crippen LogP contribution in [0.1, 0.15) is 15.9 Å². The Bertz CT molecular complexity index is 1280. The van der Waals surface area contributed by atoms with E-state index >= 15 is 0 Å². The van der Waals surface area contributed by atoms with Crippen LogP contribution < -0.4 is 5.32 Å². The molecular weight excluding hydrogens is 414 g/mol. The number of para-hydroxylation sites is 1. The van der Waals surface area contributed by atoms with Crippen molar-refractivity contribution in [2.24, 2.45) is 0 Å². The lowest BCUT2D eigenvalue weighted by atomic mass is 10.0. The first-order chi connectivity index (χ1) is 15.0. The van der Waals surface area contributed by atoms with Crippen LogP contribution in [0.3, 0.4) is 0 Å². The first-order valence-electron chi connectivity index (χ1n) is 9.54. The molecule has 0 aliphatic rings. The van der Waals surface area contributed by atoms with E-state index in [-0.39, 0.29) is 0 Å². The molecule has 31 heavy (non-hydrogen) atoms. The van der Waals surface area contributed by atoms with Crippen LogP contribution in [-0.2, 0) is 9.53 Å². The van der Waals surface area contributed by atoms with Crippen LogP contribution in [0.25, 0.3) is 22.2 Å². The second-order valence-corrected chi connectivity index (χ2v) is 7.32. The largest absolute Gasteiger partial charge is 0.452 e. The SMILES string of the molecule is Cc1ccc(NC(=O)COC(=O)c2cc(-c3ccncc3)nc3ccccc23)c(Cl)c1. The third-order valence-corrected chi connectivity index (χ3v) is 4.96. The Hall–Kier alpha value is -3.77. The number of rotatable bonds is 5. The number of carbonyl (C=O) groups excluding carboxylic acids is 2. The van der Waals surface area contributed by atoms with Crippen molar-refractivity contribution in [1.82, 2.24) is 9.97 Å². The molecule has 4 rings (SSSR count). The maximum absolute atomic E-state index is 12.8. The maximum atomic E-state index is 12.8.